The van der Waals surface area contributed by atoms with Gasteiger partial charge in [-0.3, -0.25) is 4.79 Å². The molecule has 1 saturated heterocycles. The average Bonchev–Trinajstić information content (AvgIpc) is 2.83. The summed E-state index contributed by atoms with van der Waals surface area (Å²) >= 11 is 0. The lowest BCUT2D eigenvalue weighted by atomic mass is 9.96. The van der Waals surface area contributed by atoms with E-state index >= 15 is 0 Å². The molecule has 0 aromatic carbocycles. The van der Waals surface area contributed by atoms with Crippen LogP contribution in [0.3, 0.4) is 0 Å². The van der Waals surface area contributed by atoms with Gasteiger partial charge in [-0.15, -0.1) is 0 Å². The van der Waals surface area contributed by atoms with Gasteiger partial charge < -0.3 is 4.98 Å². The third-order valence-corrected chi connectivity index (χ3v) is 6.62. The van der Waals surface area contributed by atoms with Crippen molar-refractivity contribution in [2.24, 2.45) is 0 Å². The second-order valence-electron chi connectivity index (χ2n) is 7.25. The van der Waals surface area contributed by atoms with Crippen molar-refractivity contribution in [3.8, 4) is 0 Å². The van der Waals surface area contributed by atoms with Crippen LogP contribution in [0.1, 0.15) is 55.6 Å². The molecule has 3 heterocycles. The number of rotatable bonds is 3. The summed E-state index contributed by atoms with van der Waals surface area (Å²) in [6, 6.07) is 0.293. The lowest BCUT2D eigenvalue weighted by Gasteiger charge is -2.36. The summed E-state index contributed by atoms with van der Waals surface area (Å²) in [6.45, 7) is 2.57. The van der Waals surface area contributed by atoms with E-state index in [9.17, 15) is 13.2 Å². The molecule has 0 atom stereocenters. The van der Waals surface area contributed by atoms with Gasteiger partial charge in [-0.2, -0.15) is 5.10 Å². The van der Waals surface area contributed by atoms with E-state index in [0.717, 1.165) is 12.8 Å². The van der Waals surface area contributed by atoms with Crippen LogP contribution in [0.5, 0.6) is 0 Å². The van der Waals surface area contributed by atoms with E-state index < -0.39 is 9.87 Å². The molecule has 0 spiro atoms. The predicted molar refractivity (Wildman–Crippen MR) is 96.8 cm³/mol. The Hall–Kier alpha value is -1.68. The van der Waals surface area contributed by atoms with E-state index in [1.54, 1.807) is 0 Å². The Labute approximate surface area is 147 Å². The van der Waals surface area contributed by atoms with Crippen molar-refractivity contribution in [2.75, 3.05) is 13.1 Å². The van der Waals surface area contributed by atoms with E-state index in [-0.39, 0.29) is 11.5 Å². The monoisotopic (exact) mass is 363 g/mol. The van der Waals surface area contributed by atoms with Crippen molar-refractivity contribution in [3.63, 3.8) is 0 Å². The average molecular weight is 363 g/mol. The first-order chi connectivity index (χ1) is 11.8. The van der Waals surface area contributed by atoms with Crippen molar-refractivity contribution in [1.82, 2.24) is 24.1 Å². The number of hydrogen-bond donors (Lipinski definition) is 1. The number of fused-ring (bicyclic) bond motifs is 1. The Kier molecular flexibility index (Phi) is 3.99. The smallest absolute Gasteiger partial charge is 0.276 e. The molecule has 0 amide bonds. The number of nitrogens with zero attached hydrogens (tertiary/aromatic N) is 4. The fourth-order valence-electron chi connectivity index (χ4n) is 3.88. The fourth-order valence-corrected chi connectivity index (χ4v) is 4.79. The normalized spacial score (nSPS) is 20.8. The minimum atomic E-state index is -3.18. The van der Waals surface area contributed by atoms with Gasteiger partial charge in [0.25, 0.3) is 12.7 Å². The molecule has 25 heavy (non-hydrogen) atoms. The van der Waals surface area contributed by atoms with Crippen molar-refractivity contribution >= 4 is 28.0 Å². The molecule has 2 aliphatic rings. The number of hydrogen-bond acceptors (Lipinski definition) is 5. The van der Waals surface area contributed by atoms with Gasteiger partial charge in [0, 0.05) is 19.0 Å². The third-order valence-electron chi connectivity index (χ3n) is 5.38. The third kappa shape index (κ3) is 2.91. The summed E-state index contributed by atoms with van der Waals surface area (Å²) in [7, 11) is -1.99. The van der Waals surface area contributed by atoms with E-state index in [4.69, 9.17) is 4.98 Å². The Bertz CT molecular complexity index is 971. The van der Waals surface area contributed by atoms with Crippen LogP contribution in [-0.2, 0) is 9.87 Å². The Morgan fingerprint density at radius 1 is 1.20 bits per heavy atom. The minimum Gasteiger partial charge on any atom is -0.310 e. The molecule has 1 saturated carbocycles. The Morgan fingerprint density at radius 2 is 1.88 bits per heavy atom. The molecular weight excluding hydrogens is 341 g/mol. The standard InChI is InChI=1S/C15H22BN5O3S/c1-9-12-14(21(19-9)11-5-3-2-4-6-11)17-13(18-15(12)22)10-7-20(8-10)25(16,23)24/h10-11H,2-8,16H2,1H3,(H,17,18,22). The first-order valence-corrected chi connectivity index (χ1v) is 10.6. The molecule has 0 bridgehead atoms. The lowest BCUT2D eigenvalue weighted by molar-refractivity contribution is 0.260. The van der Waals surface area contributed by atoms with Crippen LogP contribution in [0.4, 0.5) is 0 Å². The second-order valence-corrected chi connectivity index (χ2v) is 9.23. The van der Waals surface area contributed by atoms with Crippen LogP contribution in [0.2, 0.25) is 0 Å². The van der Waals surface area contributed by atoms with Crippen molar-refractivity contribution in [2.45, 2.75) is 51.0 Å². The molecule has 4 rings (SSSR count). The van der Waals surface area contributed by atoms with Gasteiger partial charge in [0.15, 0.2) is 15.5 Å². The van der Waals surface area contributed by atoms with Gasteiger partial charge in [0.2, 0.25) is 0 Å². The summed E-state index contributed by atoms with van der Waals surface area (Å²) < 4.78 is 26.4. The molecule has 1 aliphatic heterocycles. The largest absolute Gasteiger partial charge is 0.310 e. The van der Waals surface area contributed by atoms with Gasteiger partial charge >= 0.3 is 0 Å². The number of aromatic nitrogens is 4. The van der Waals surface area contributed by atoms with Crippen LogP contribution in [0.15, 0.2) is 4.79 Å². The van der Waals surface area contributed by atoms with Gasteiger partial charge in [-0.1, -0.05) is 19.3 Å². The molecule has 1 aliphatic carbocycles. The van der Waals surface area contributed by atoms with Crippen LogP contribution >= 0.6 is 0 Å². The van der Waals surface area contributed by atoms with Crippen LogP contribution in [0.25, 0.3) is 11.0 Å². The summed E-state index contributed by atoms with van der Waals surface area (Å²) in [6.07, 6.45) is 5.72. The predicted octanol–water partition coefficient (Wildman–Crippen LogP) is 0.210. The first-order valence-electron chi connectivity index (χ1n) is 8.79. The second kappa shape index (κ2) is 5.94. The zero-order valence-electron chi connectivity index (χ0n) is 14.5. The van der Waals surface area contributed by atoms with Crippen LogP contribution < -0.4 is 5.56 Å². The highest BCUT2D eigenvalue weighted by molar-refractivity contribution is 8.10. The minimum absolute atomic E-state index is 0.0677. The first kappa shape index (κ1) is 16.8. The number of nitrogens with one attached hydrogen (secondary N) is 1. The molecule has 134 valence electrons. The van der Waals surface area contributed by atoms with Crippen molar-refractivity contribution in [3.05, 3.63) is 21.9 Å². The van der Waals surface area contributed by atoms with E-state index in [1.165, 1.54) is 30.7 Å². The molecule has 2 aromatic heterocycles. The highest BCUT2D eigenvalue weighted by atomic mass is 32.2. The maximum absolute atomic E-state index is 12.6. The fraction of sp³-hybridized carbons (Fsp3) is 0.667. The van der Waals surface area contributed by atoms with Crippen molar-refractivity contribution < 1.29 is 8.42 Å². The molecule has 10 heteroatoms. The molecule has 0 radical (unpaired) electrons. The molecule has 2 fully saturated rings. The summed E-state index contributed by atoms with van der Waals surface area (Å²) in [4.78, 5) is 20.1. The maximum Gasteiger partial charge on any atom is 0.276 e. The summed E-state index contributed by atoms with van der Waals surface area (Å²) in [5, 5.41) is 5.15. The van der Waals surface area contributed by atoms with Crippen LogP contribution in [-0.4, -0.2) is 52.7 Å². The molecule has 2 aromatic rings. The quantitative estimate of drug-likeness (QED) is 0.786. The van der Waals surface area contributed by atoms with Gasteiger partial charge in [0.1, 0.15) is 11.2 Å². The zero-order chi connectivity index (χ0) is 17.8. The number of aromatic amines is 1. The lowest BCUT2D eigenvalue weighted by Crippen LogP contribution is -2.49. The van der Waals surface area contributed by atoms with Crippen LogP contribution in [0, 0.1) is 6.92 Å². The molecule has 1 N–H and O–H groups in total. The molecule has 8 nitrogen and oxygen atoms in total. The molecular formula is C15H22BN5O3S. The Morgan fingerprint density at radius 3 is 2.52 bits per heavy atom. The molecule has 0 unspecified atom stereocenters. The summed E-state index contributed by atoms with van der Waals surface area (Å²) in [5.74, 6) is 0.496. The highest BCUT2D eigenvalue weighted by Gasteiger charge is 2.36. The van der Waals surface area contributed by atoms with Gasteiger partial charge in [-0.25, -0.2) is 22.4 Å². The summed E-state index contributed by atoms with van der Waals surface area (Å²) in [5.41, 5.74) is 1.16. The topological polar surface area (TPSA) is 101 Å². The van der Waals surface area contributed by atoms with E-state index in [2.05, 4.69) is 10.1 Å². The van der Waals surface area contributed by atoms with Gasteiger partial charge in [0.05, 0.1) is 11.7 Å². The number of aryl methyl sites for hydroxylation is 1. The van der Waals surface area contributed by atoms with Crippen molar-refractivity contribution in [1.29, 1.82) is 0 Å². The number of H-pyrrole nitrogens is 1. The van der Waals surface area contributed by atoms with Gasteiger partial charge in [-0.05, 0) is 19.8 Å². The van der Waals surface area contributed by atoms with E-state index in [0.29, 0.717) is 41.7 Å². The highest BCUT2D eigenvalue weighted by Crippen LogP contribution is 2.31. The SMILES string of the molecule is BS(=O)(=O)N1CC(c2nc3c(c(C)nn3C3CCCCC3)c(=O)[nH]2)C1. The maximum atomic E-state index is 12.6. The zero-order valence-corrected chi connectivity index (χ0v) is 15.3. The van der Waals surface area contributed by atoms with E-state index in [1.807, 2.05) is 11.6 Å². The Balaban J connectivity index is 1.72.